The van der Waals surface area contributed by atoms with Crippen LogP contribution in [0.25, 0.3) is 0 Å². The molecule has 0 radical (unpaired) electrons. The maximum absolute atomic E-state index is 12.4. The summed E-state index contributed by atoms with van der Waals surface area (Å²) in [4.78, 5) is 14.2. The van der Waals surface area contributed by atoms with Gasteiger partial charge in [-0.1, -0.05) is 17.2 Å². The molecule has 1 aliphatic carbocycles. The fourth-order valence-electron chi connectivity index (χ4n) is 2.15. The number of nitrogens with zero attached hydrogens (tertiary/aromatic N) is 5. The van der Waals surface area contributed by atoms with Gasteiger partial charge in [0.1, 0.15) is 12.3 Å². The number of nitrogen functional groups attached to an aromatic ring is 1. The van der Waals surface area contributed by atoms with Crippen LogP contribution in [0, 0.1) is 0 Å². The molecule has 8 heteroatoms. The second kappa shape index (κ2) is 5.39. The van der Waals surface area contributed by atoms with Gasteiger partial charge in [0, 0.05) is 12.6 Å². The second-order valence-corrected chi connectivity index (χ2v) is 5.11. The number of amides is 1. The average Bonchev–Trinajstić information content (AvgIpc) is 3.23. The largest absolute Gasteiger partial charge is 0.508 e. The molecule has 0 saturated heterocycles. The molecule has 2 aromatic rings. The number of aromatic nitrogens is 4. The molecule has 110 valence electrons. The van der Waals surface area contributed by atoms with Crippen LogP contribution >= 0.6 is 0 Å². The first-order valence-corrected chi connectivity index (χ1v) is 6.72. The van der Waals surface area contributed by atoms with Crippen LogP contribution in [0.2, 0.25) is 0 Å². The molecule has 0 unspecified atom stereocenters. The molecule has 8 nitrogen and oxygen atoms in total. The fraction of sp³-hybridized carbons (Fsp3) is 0.385. The lowest BCUT2D eigenvalue weighted by Gasteiger charge is -2.22. The molecule has 1 heterocycles. The van der Waals surface area contributed by atoms with Gasteiger partial charge in [0.25, 0.3) is 0 Å². The molecular weight excluding hydrogens is 272 g/mol. The van der Waals surface area contributed by atoms with Crippen molar-refractivity contribution in [3.05, 3.63) is 29.8 Å². The number of anilines is 1. The smallest absolute Gasteiger partial charge is 0.245 e. The number of aromatic hydroxyl groups is 1. The first-order chi connectivity index (χ1) is 10.1. The standard InChI is InChI=1S/C13H16N6O2/c14-13-15-16-17-19(13)8-12(21)18(10-3-4-10)7-9-1-5-11(20)6-2-9/h1-2,5-6,10,20H,3-4,7-8H2,(H2,14,15,17). The van der Waals surface area contributed by atoms with Gasteiger partial charge in [0.15, 0.2) is 0 Å². The van der Waals surface area contributed by atoms with E-state index in [-0.39, 0.29) is 30.2 Å². The van der Waals surface area contributed by atoms with Crippen LogP contribution in [0.1, 0.15) is 18.4 Å². The molecule has 0 spiro atoms. The van der Waals surface area contributed by atoms with E-state index in [0.717, 1.165) is 18.4 Å². The Balaban J connectivity index is 1.70. The Bertz CT molecular complexity index is 634. The van der Waals surface area contributed by atoms with Gasteiger partial charge in [-0.15, -0.1) is 0 Å². The minimum absolute atomic E-state index is 0.0351. The molecule has 21 heavy (non-hydrogen) atoms. The zero-order valence-electron chi connectivity index (χ0n) is 11.4. The minimum Gasteiger partial charge on any atom is -0.508 e. The Labute approximate surface area is 121 Å². The van der Waals surface area contributed by atoms with E-state index >= 15 is 0 Å². The first kappa shape index (κ1) is 13.3. The van der Waals surface area contributed by atoms with Gasteiger partial charge >= 0.3 is 0 Å². The summed E-state index contributed by atoms with van der Waals surface area (Å²) in [6.45, 7) is 0.541. The molecule has 3 rings (SSSR count). The zero-order chi connectivity index (χ0) is 14.8. The van der Waals surface area contributed by atoms with Crippen LogP contribution in [0.5, 0.6) is 5.75 Å². The van der Waals surface area contributed by atoms with Crippen molar-refractivity contribution >= 4 is 11.9 Å². The molecule has 0 bridgehead atoms. The minimum atomic E-state index is -0.0652. The Morgan fingerprint density at radius 2 is 2.10 bits per heavy atom. The average molecular weight is 288 g/mol. The van der Waals surface area contributed by atoms with E-state index in [1.807, 2.05) is 17.0 Å². The number of phenolic OH excluding ortho intramolecular Hbond substituents is 1. The van der Waals surface area contributed by atoms with Crippen LogP contribution < -0.4 is 5.73 Å². The van der Waals surface area contributed by atoms with E-state index < -0.39 is 0 Å². The van der Waals surface area contributed by atoms with Gasteiger partial charge < -0.3 is 15.7 Å². The zero-order valence-corrected chi connectivity index (χ0v) is 11.4. The van der Waals surface area contributed by atoms with Gasteiger partial charge in [-0.2, -0.15) is 0 Å². The Hall–Kier alpha value is -2.64. The second-order valence-electron chi connectivity index (χ2n) is 5.11. The molecule has 1 fully saturated rings. The molecule has 1 aromatic heterocycles. The van der Waals surface area contributed by atoms with Crippen molar-refractivity contribution in [3.63, 3.8) is 0 Å². The monoisotopic (exact) mass is 288 g/mol. The lowest BCUT2D eigenvalue weighted by atomic mass is 10.2. The van der Waals surface area contributed by atoms with E-state index in [2.05, 4.69) is 15.5 Å². The van der Waals surface area contributed by atoms with Gasteiger partial charge in [-0.3, -0.25) is 4.79 Å². The quantitative estimate of drug-likeness (QED) is 0.810. The van der Waals surface area contributed by atoms with Crippen LogP contribution in [0.4, 0.5) is 5.95 Å². The van der Waals surface area contributed by atoms with Crippen LogP contribution in [-0.2, 0) is 17.9 Å². The number of benzene rings is 1. The number of hydrogen-bond acceptors (Lipinski definition) is 6. The first-order valence-electron chi connectivity index (χ1n) is 6.72. The maximum Gasteiger partial charge on any atom is 0.245 e. The summed E-state index contributed by atoms with van der Waals surface area (Å²) in [6.07, 6.45) is 2.02. The molecule has 1 saturated carbocycles. The van der Waals surface area contributed by atoms with Gasteiger partial charge in [0.05, 0.1) is 0 Å². The van der Waals surface area contributed by atoms with E-state index in [1.54, 1.807) is 12.1 Å². The molecular formula is C13H16N6O2. The summed E-state index contributed by atoms with van der Waals surface area (Å²) in [5.41, 5.74) is 6.55. The van der Waals surface area contributed by atoms with Crippen molar-refractivity contribution in [3.8, 4) is 5.75 Å². The topological polar surface area (TPSA) is 110 Å². The predicted molar refractivity (Wildman–Crippen MR) is 73.9 cm³/mol. The number of phenols is 1. The fourth-order valence-corrected chi connectivity index (χ4v) is 2.15. The van der Waals surface area contributed by atoms with Gasteiger partial charge in [-0.25, -0.2) is 4.68 Å². The molecule has 0 atom stereocenters. The Morgan fingerprint density at radius 3 is 2.67 bits per heavy atom. The number of carbonyl (C=O) groups is 1. The number of carbonyl (C=O) groups excluding carboxylic acids is 1. The van der Waals surface area contributed by atoms with Crippen molar-refractivity contribution in [1.29, 1.82) is 0 Å². The number of nitrogens with two attached hydrogens (primary N) is 1. The van der Waals surface area contributed by atoms with E-state index in [4.69, 9.17) is 5.73 Å². The lowest BCUT2D eigenvalue weighted by molar-refractivity contribution is -0.133. The summed E-state index contributed by atoms with van der Waals surface area (Å²) in [5.74, 6) is 0.276. The number of tetrazole rings is 1. The molecule has 3 N–H and O–H groups in total. The SMILES string of the molecule is Nc1nnnn1CC(=O)N(Cc1ccc(O)cc1)C1CC1. The van der Waals surface area contributed by atoms with Crippen LogP contribution in [0.3, 0.4) is 0 Å². The van der Waals surface area contributed by atoms with Gasteiger partial charge in [-0.05, 0) is 41.0 Å². The third kappa shape index (κ3) is 3.10. The normalized spacial score (nSPS) is 14.1. The van der Waals surface area contributed by atoms with Crippen molar-refractivity contribution in [2.24, 2.45) is 0 Å². The summed E-state index contributed by atoms with van der Waals surface area (Å²) in [7, 11) is 0. The highest BCUT2D eigenvalue weighted by Crippen LogP contribution is 2.29. The molecule has 0 aliphatic heterocycles. The number of rotatable bonds is 5. The molecule has 1 amide bonds. The third-order valence-electron chi connectivity index (χ3n) is 3.44. The van der Waals surface area contributed by atoms with Crippen LogP contribution in [-0.4, -0.2) is 42.2 Å². The highest BCUT2D eigenvalue weighted by Gasteiger charge is 2.32. The molecule has 1 aliphatic rings. The van der Waals surface area contributed by atoms with Crippen molar-refractivity contribution in [1.82, 2.24) is 25.1 Å². The van der Waals surface area contributed by atoms with E-state index in [9.17, 15) is 9.90 Å². The van der Waals surface area contributed by atoms with Gasteiger partial charge in [0.2, 0.25) is 11.9 Å². The van der Waals surface area contributed by atoms with Crippen molar-refractivity contribution in [2.75, 3.05) is 5.73 Å². The predicted octanol–water partition coefficient (Wildman–Crippen LogP) is 0.152. The van der Waals surface area contributed by atoms with Crippen molar-refractivity contribution in [2.45, 2.75) is 32.0 Å². The Kier molecular flexibility index (Phi) is 3.43. The van der Waals surface area contributed by atoms with Crippen LogP contribution in [0.15, 0.2) is 24.3 Å². The summed E-state index contributed by atoms with van der Waals surface area (Å²) in [5, 5.41) is 20.0. The number of hydrogen-bond donors (Lipinski definition) is 2. The summed E-state index contributed by atoms with van der Waals surface area (Å²) in [6, 6.07) is 7.12. The highest BCUT2D eigenvalue weighted by atomic mass is 16.3. The third-order valence-corrected chi connectivity index (χ3v) is 3.44. The van der Waals surface area contributed by atoms with E-state index in [0.29, 0.717) is 6.54 Å². The summed E-state index contributed by atoms with van der Waals surface area (Å²) < 4.78 is 1.29. The molecule has 1 aromatic carbocycles. The summed E-state index contributed by atoms with van der Waals surface area (Å²) >= 11 is 0. The Morgan fingerprint density at radius 1 is 1.38 bits per heavy atom. The lowest BCUT2D eigenvalue weighted by Crippen LogP contribution is -2.35. The maximum atomic E-state index is 12.4. The highest BCUT2D eigenvalue weighted by molar-refractivity contribution is 5.77. The van der Waals surface area contributed by atoms with E-state index in [1.165, 1.54) is 4.68 Å². The van der Waals surface area contributed by atoms with Crippen molar-refractivity contribution < 1.29 is 9.90 Å².